The summed E-state index contributed by atoms with van der Waals surface area (Å²) in [5.41, 5.74) is 4.56. The first kappa shape index (κ1) is 19.6. The number of hydrogen-bond donors (Lipinski definition) is 1. The fourth-order valence-electron chi connectivity index (χ4n) is 3.36. The minimum Gasteiger partial charge on any atom is -0.312 e. The molecule has 0 unspecified atom stereocenters. The molecule has 1 heterocycles. The van der Waals surface area contributed by atoms with Crippen molar-refractivity contribution in [1.82, 2.24) is 4.72 Å². The zero-order valence-electron chi connectivity index (χ0n) is 16.2. The molecule has 144 valence electrons. The second-order valence-corrected chi connectivity index (χ2v) is 9.19. The molecule has 0 saturated carbocycles. The minimum atomic E-state index is -3.58. The average molecular weight is 387 g/mol. The van der Waals surface area contributed by atoms with Gasteiger partial charge in [0.2, 0.25) is 15.9 Å². The van der Waals surface area contributed by atoms with Crippen LogP contribution >= 0.6 is 0 Å². The van der Waals surface area contributed by atoms with Crippen LogP contribution in [0.4, 0.5) is 5.69 Å². The molecule has 0 radical (unpaired) electrons. The van der Waals surface area contributed by atoms with Crippen LogP contribution in [0.5, 0.6) is 0 Å². The summed E-state index contributed by atoms with van der Waals surface area (Å²) in [6.07, 6.45) is 0.797. The molecule has 0 aliphatic carbocycles. The average Bonchev–Trinajstić information content (AvgIpc) is 3.04. The van der Waals surface area contributed by atoms with Crippen LogP contribution in [0.1, 0.15) is 36.1 Å². The van der Waals surface area contributed by atoms with Gasteiger partial charge in [0.05, 0.1) is 4.90 Å². The summed E-state index contributed by atoms with van der Waals surface area (Å²) in [4.78, 5) is 14.4. The van der Waals surface area contributed by atoms with Gasteiger partial charge in [-0.3, -0.25) is 4.79 Å². The third kappa shape index (κ3) is 4.06. The molecule has 0 atom stereocenters. The number of carbonyl (C=O) groups is 1. The molecule has 5 nitrogen and oxygen atoms in total. The molecule has 1 N–H and O–H groups in total. The highest BCUT2D eigenvalue weighted by Crippen LogP contribution is 2.30. The maximum atomic E-state index is 12.7. The van der Waals surface area contributed by atoms with E-state index in [0.29, 0.717) is 11.4 Å². The number of amides is 1. The number of sulfonamides is 1. The Hall–Kier alpha value is -2.18. The number of aryl methyl sites for hydroxylation is 2. The zero-order valence-corrected chi connectivity index (χ0v) is 17.1. The number of hydrogen-bond acceptors (Lipinski definition) is 3. The largest absolute Gasteiger partial charge is 0.312 e. The molecule has 2 aromatic carbocycles. The van der Waals surface area contributed by atoms with Crippen LogP contribution in [0.15, 0.2) is 41.3 Å². The van der Waals surface area contributed by atoms with E-state index in [1.807, 2.05) is 56.0 Å². The third-order valence-electron chi connectivity index (χ3n) is 4.90. The molecular weight excluding hydrogens is 360 g/mol. The Morgan fingerprint density at radius 3 is 2.59 bits per heavy atom. The topological polar surface area (TPSA) is 66.5 Å². The molecule has 0 aromatic heterocycles. The van der Waals surface area contributed by atoms with E-state index in [0.717, 1.165) is 34.4 Å². The van der Waals surface area contributed by atoms with Crippen LogP contribution in [-0.2, 0) is 27.8 Å². The first-order chi connectivity index (χ1) is 12.7. The molecule has 1 aliphatic rings. The van der Waals surface area contributed by atoms with Crippen molar-refractivity contribution >= 4 is 21.6 Å². The van der Waals surface area contributed by atoms with E-state index in [9.17, 15) is 13.2 Å². The number of fused-ring (bicyclic) bond motifs is 1. The first-order valence-electron chi connectivity index (χ1n) is 9.19. The van der Waals surface area contributed by atoms with Crippen molar-refractivity contribution in [2.24, 2.45) is 5.92 Å². The van der Waals surface area contributed by atoms with Crippen molar-refractivity contribution in [3.63, 3.8) is 0 Å². The van der Waals surface area contributed by atoms with E-state index >= 15 is 0 Å². The molecule has 6 heteroatoms. The number of benzene rings is 2. The number of nitrogens with zero attached hydrogens (tertiary/aromatic N) is 1. The van der Waals surface area contributed by atoms with E-state index in [-0.39, 0.29) is 18.4 Å². The van der Waals surface area contributed by atoms with E-state index < -0.39 is 10.0 Å². The Bertz CT molecular complexity index is 981. The Balaban J connectivity index is 1.76. The van der Waals surface area contributed by atoms with Gasteiger partial charge in [-0.25, -0.2) is 13.1 Å². The summed E-state index contributed by atoms with van der Waals surface area (Å²) in [6.45, 7) is 8.38. The Morgan fingerprint density at radius 1 is 1.15 bits per heavy atom. The highest BCUT2D eigenvalue weighted by molar-refractivity contribution is 7.89. The van der Waals surface area contributed by atoms with Crippen molar-refractivity contribution in [3.05, 3.63) is 58.7 Å². The Kier molecular flexibility index (Phi) is 5.40. The lowest BCUT2D eigenvalue weighted by molar-refractivity contribution is -0.121. The lowest BCUT2D eigenvalue weighted by Crippen LogP contribution is -2.32. The summed E-state index contributed by atoms with van der Waals surface area (Å²) in [5, 5.41) is 0. The van der Waals surface area contributed by atoms with E-state index in [4.69, 9.17) is 0 Å². The quantitative estimate of drug-likeness (QED) is 0.857. The number of rotatable bonds is 5. The van der Waals surface area contributed by atoms with Crippen molar-refractivity contribution in [2.75, 3.05) is 11.4 Å². The van der Waals surface area contributed by atoms with Crippen LogP contribution in [0.2, 0.25) is 0 Å². The van der Waals surface area contributed by atoms with E-state index in [1.165, 1.54) is 0 Å². The van der Waals surface area contributed by atoms with Crippen molar-refractivity contribution in [1.29, 1.82) is 0 Å². The third-order valence-corrected chi connectivity index (χ3v) is 6.44. The van der Waals surface area contributed by atoms with Gasteiger partial charge in [0.1, 0.15) is 0 Å². The molecule has 0 spiro atoms. The maximum Gasteiger partial charge on any atom is 0.241 e. The molecule has 1 aliphatic heterocycles. The normalized spacial score (nSPS) is 13.9. The van der Waals surface area contributed by atoms with Gasteiger partial charge in [-0.1, -0.05) is 38.1 Å². The summed E-state index contributed by atoms with van der Waals surface area (Å²) in [5.74, 6) is 0.0807. The smallest absolute Gasteiger partial charge is 0.241 e. The second-order valence-electron chi connectivity index (χ2n) is 7.45. The van der Waals surface area contributed by atoms with Crippen LogP contribution in [0.25, 0.3) is 0 Å². The van der Waals surface area contributed by atoms with Crippen LogP contribution in [0, 0.1) is 19.8 Å². The predicted octanol–water partition coefficient (Wildman–Crippen LogP) is 3.33. The molecule has 1 amide bonds. The van der Waals surface area contributed by atoms with Crippen LogP contribution in [0.3, 0.4) is 0 Å². The summed E-state index contributed by atoms with van der Waals surface area (Å²) in [7, 11) is -3.58. The van der Waals surface area contributed by atoms with Gasteiger partial charge >= 0.3 is 0 Å². The fraction of sp³-hybridized carbons (Fsp3) is 0.381. The highest BCUT2D eigenvalue weighted by Gasteiger charge is 2.26. The lowest BCUT2D eigenvalue weighted by atomic mass is 10.1. The summed E-state index contributed by atoms with van der Waals surface area (Å²) >= 11 is 0. The zero-order chi connectivity index (χ0) is 19.8. The molecule has 0 saturated heterocycles. The van der Waals surface area contributed by atoms with Crippen molar-refractivity contribution in [3.8, 4) is 0 Å². The van der Waals surface area contributed by atoms with Crippen molar-refractivity contribution in [2.45, 2.75) is 45.6 Å². The van der Waals surface area contributed by atoms with Crippen LogP contribution in [-0.4, -0.2) is 20.9 Å². The van der Waals surface area contributed by atoms with Gasteiger partial charge in [0.15, 0.2) is 0 Å². The first-order valence-corrected chi connectivity index (χ1v) is 10.7. The maximum absolute atomic E-state index is 12.7. The molecule has 0 bridgehead atoms. The van der Waals surface area contributed by atoms with E-state index in [1.54, 1.807) is 13.0 Å². The van der Waals surface area contributed by atoms with Crippen LogP contribution < -0.4 is 9.62 Å². The number of nitrogens with one attached hydrogen (secondary N) is 1. The Morgan fingerprint density at radius 2 is 1.89 bits per heavy atom. The predicted molar refractivity (Wildman–Crippen MR) is 107 cm³/mol. The minimum absolute atomic E-state index is 0.0417. The van der Waals surface area contributed by atoms with Gasteiger partial charge < -0.3 is 4.90 Å². The number of carbonyl (C=O) groups excluding carboxylic acids is 1. The Labute approximate surface area is 161 Å². The molecule has 0 fully saturated rings. The standard InChI is InChI=1S/C21H26N2O3S/c1-14(2)21(24)23-10-9-18-12-17(7-8-19(18)23)13-22-27(25,26)20-11-15(3)5-6-16(20)4/h5-8,11-12,14,22H,9-10,13H2,1-4H3. The summed E-state index contributed by atoms with van der Waals surface area (Å²) in [6, 6.07) is 11.2. The molecule has 3 rings (SSSR count). The lowest BCUT2D eigenvalue weighted by Gasteiger charge is -2.19. The summed E-state index contributed by atoms with van der Waals surface area (Å²) < 4.78 is 28.0. The monoisotopic (exact) mass is 386 g/mol. The molecule has 2 aromatic rings. The van der Waals surface area contributed by atoms with Gasteiger partial charge in [-0.05, 0) is 54.7 Å². The fourth-order valence-corrected chi connectivity index (χ4v) is 4.70. The molecule has 27 heavy (non-hydrogen) atoms. The van der Waals surface area contributed by atoms with Gasteiger partial charge in [0.25, 0.3) is 0 Å². The van der Waals surface area contributed by atoms with Gasteiger partial charge in [0, 0.05) is 24.7 Å². The van der Waals surface area contributed by atoms with Crippen molar-refractivity contribution < 1.29 is 13.2 Å². The van der Waals surface area contributed by atoms with Gasteiger partial charge in [-0.2, -0.15) is 0 Å². The highest BCUT2D eigenvalue weighted by atomic mass is 32.2. The number of anilines is 1. The molecular formula is C21H26N2O3S. The van der Waals surface area contributed by atoms with E-state index in [2.05, 4.69) is 4.72 Å². The van der Waals surface area contributed by atoms with Gasteiger partial charge in [-0.15, -0.1) is 0 Å². The SMILES string of the molecule is Cc1ccc(C)c(S(=O)(=O)NCc2ccc3c(c2)CCN3C(=O)C(C)C)c1. The second kappa shape index (κ2) is 7.44.